The zero-order chi connectivity index (χ0) is 11.6. The molecule has 0 aromatic carbocycles. The minimum absolute atomic E-state index is 0.333. The highest BCUT2D eigenvalue weighted by molar-refractivity contribution is 4.81. The highest BCUT2D eigenvalue weighted by Gasteiger charge is 2.30. The van der Waals surface area contributed by atoms with E-state index in [-0.39, 0.29) is 0 Å². The van der Waals surface area contributed by atoms with Crippen molar-refractivity contribution >= 4 is 0 Å². The smallest absolute Gasteiger partial charge is 0.00413 e. The first-order valence-electron chi connectivity index (χ1n) is 5.78. The van der Waals surface area contributed by atoms with E-state index in [2.05, 4.69) is 48.5 Å². The molecule has 1 heteroatoms. The van der Waals surface area contributed by atoms with E-state index in [1.807, 2.05) is 0 Å². The maximum atomic E-state index is 5.88. The van der Waals surface area contributed by atoms with Gasteiger partial charge in [0.1, 0.15) is 0 Å². The molecule has 2 N–H and O–H groups in total. The minimum atomic E-state index is 0.333. The molecule has 0 heterocycles. The molecule has 0 aromatic rings. The van der Waals surface area contributed by atoms with Crippen molar-refractivity contribution in [3.63, 3.8) is 0 Å². The summed E-state index contributed by atoms with van der Waals surface area (Å²) in [5.41, 5.74) is 6.63. The first kappa shape index (κ1) is 14.0. The molecular formula is C13H29N. The SMILES string of the molecule is CC(CC(C)(C)C)C(CN)C(C)(C)C. The summed E-state index contributed by atoms with van der Waals surface area (Å²) in [6.45, 7) is 16.9. The Morgan fingerprint density at radius 3 is 1.64 bits per heavy atom. The number of hydrogen-bond acceptors (Lipinski definition) is 1. The van der Waals surface area contributed by atoms with Crippen molar-refractivity contribution in [3.05, 3.63) is 0 Å². The van der Waals surface area contributed by atoms with Crippen LogP contribution < -0.4 is 5.73 Å². The van der Waals surface area contributed by atoms with Crippen molar-refractivity contribution in [2.75, 3.05) is 6.54 Å². The fraction of sp³-hybridized carbons (Fsp3) is 1.00. The molecule has 0 aliphatic carbocycles. The van der Waals surface area contributed by atoms with Gasteiger partial charge in [0.25, 0.3) is 0 Å². The van der Waals surface area contributed by atoms with Crippen LogP contribution in [-0.4, -0.2) is 6.54 Å². The Bertz CT molecular complexity index is 159. The second-order valence-electron chi connectivity index (χ2n) is 6.95. The van der Waals surface area contributed by atoms with Crippen LogP contribution in [0.3, 0.4) is 0 Å². The predicted molar refractivity (Wildman–Crippen MR) is 65.2 cm³/mol. The molecular weight excluding hydrogens is 170 g/mol. The molecule has 0 aromatic heterocycles. The second kappa shape index (κ2) is 4.65. The normalized spacial score (nSPS) is 18.0. The van der Waals surface area contributed by atoms with Gasteiger partial charge >= 0.3 is 0 Å². The number of rotatable bonds is 3. The van der Waals surface area contributed by atoms with Crippen LogP contribution in [0.2, 0.25) is 0 Å². The van der Waals surface area contributed by atoms with Crippen molar-refractivity contribution in [2.24, 2.45) is 28.4 Å². The van der Waals surface area contributed by atoms with E-state index >= 15 is 0 Å². The molecule has 0 amide bonds. The van der Waals surface area contributed by atoms with Gasteiger partial charge in [0.2, 0.25) is 0 Å². The van der Waals surface area contributed by atoms with E-state index in [1.54, 1.807) is 0 Å². The molecule has 0 spiro atoms. The summed E-state index contributed by atoms with van der Waals surface area (Å²) >= 11 is 0. The molecule has 86 valence electrons. The summed E-state index contributed by atoms with van der Waals surface area (Å²) in [5, 5.41) is 0. The van der Waals surface area contributed by atoms with Crippen LogP contribution in [0.5, 0.6) is 0 Å². The van der Waals surface area contributed by atoms with Crippen LogP contribution in [0.1, 0.15) is 54.9 Å². The molecule has 0 rings (SSSR count). The van der Waals surface area contributed by atoms with Gasteiger partial charge in [0.15, 0.2) is 0 Å². The van der Waals surface area contributed by atoms with Gasteiger partial charge in [-0.05, 0) is 35.6 Å². The molecule has 1 nitrogen and oxygen atoms in total. The van der Waals surface area contributed by atoms with Crippen LogP contribution in [0.4, 0.5) is 0 Å². The Balaban J connectivity index is 4.41. The zero-order valence-corrected chi connectivity index (χ0v) is 11.1. The molecule has 0 fully saturated rings. The van der Waals surface area contributed by atoms with Crippen molar-refractivity contribution in [2.45, 2.75) is 54.9 Å². The first-order valence-corrected chi connectivity index (χ1v) is 5.78. The Morgan fingerprint density at radius 2 is 1.43 bits per heavy atom. The standard InChI is InChI=1S/C13H29N/c1-10(8-12(2,3)4)11(9-14)13(5,6)7/h10-11H,8-9,14H2,1-7H3. The maximum absolute atomic E-state index is 5.88. The van der Waals surface area contributed by atoms with Gasteiger partial charge in [0.05, 0.1) is 0 Å². The summed E-state index contributed by atoms with van der Waals surface area (Å²) in [5.74, 6) is 1.33. The van der Waals surface area contributed by atoms with E-state index in [1.165, 1.54) is 6.42 Å². The summed E-state index contributed by atoms with van der Waals surface area (Å²) in [6.07, 6.45) is 1.26. The van der Waals surface area contributed by atoms with E-state index < -0.39 is 0 Å². The summed E-state index contributed by atoms with van der Waals surface area (Å²) in [4.78, 5) is 0. The van der Waals surface area contributed by atoms with Gasteiger partial charge in [0, 0.05) is 0 Å². The van der Waals surface area contributed by atoms with E-state index in [0.717, 1.165) is 6.54 Å². The molecule has 14 heavy (non-hydrogen) atoms. The molecule has 2 atom stereocenters. The summed E-state index contributed by atoms with van der Waals surface area (Å²) < 4.78 is 0. The van der Waals surface area contributed by atoms with Crippen LogP contribution in [0.15, 0.2) is 0 Å². The number of hydrogen-bond donors (Lipinski definition) is 1. The van der Waals surface area contributed by atoms with Gasteiger partial charge in [-0.25, -0.2) is 0 Å². The van der Waals surface area contributed by atoms with Crippen molar-refractivity contribution < 1.29 is 0 Å². The minimum Gasteiger partial charge on any atom is -0.330 e. The van der Waals surface area contributed by atoms with Gasteiger partial charge in [-0.1, -0.05) is 48.5 Å². The van der Waals surface area contributed by atoms with Gasteiger partial charge in [-0.3, -0.25) is 0 Å². The van der Waals surface area contributed by atoms with Crippen LogP contribution in [0, 0.1) is 22.7 Å². The first-order chi connectivity index (χ1) is 6.08. The van der Waals surface area contributed by atoms with Gasteiger partial charge in [-0.15, -0.1) is 0 Å². The Hall–Kier alpha value is -0.0400. The highest BCUT2D eigenvalue weighted by atomic mass is 14.6. The monoisotopic (exact) mass is 199 g/mol. The number of nitrogens with two attached hydrogens (primary N) is 1. The molecule has 0 bridgehead atoms. The third kappa shape index (κ3) is 4.99. The quantitative estimate of drug-likeness (QED) is 0.737. The van der Waals surface area contributed by atoms with Crippen molar-refractivity contribution in [1.29, 1.82) is 0 Å². The van der Waals surface area contributed by atoms with Crippen LogP contribution in [-0.2, 0) is 0 Å². The van der Waals surface area contributed by atoms with E-state index in [0.29, 0.717) is 22.7 Å². The lowest BCUT2D eigenvalue weighted by molar-refractivity contribution is 0.137. The maximum Gasteiger partial charge on any atom is -0.00413 e. The molecule has 0 aliphatic rings. The third-order valence-electron chi connectivity index (χ3n) is 2.99. The van der Waals surface area contributed by atoms with Crippen LogP contribution >= 0.6 is 0 Å². The Kier molecular flexibility index (Phi) is 4.64. The van der Waals surface area contributed by atoms with E-state index in [9.17, 15) is 0 Å². The van der Waals surface area contributed by atoms with Crippen molar-refractivity contribution in [3.8, 4) is 0 Å². The molecule has 0 saturated carbocycles. The average Bonchev–Trinajstić information content (AvgIpc) is 1.79. The van der Waals surface area contributed by atoms with Crippen LogP contribution in [0.25, 0.3) is 0 Å². The predicted octanol–water partition coefficient (Wildman–Crippen LogP) is 3.68. The lowest BCUT2D eigenvalue weighted by atomic mass is 9.69. The summed E-state index contributed by atoms with van der Waals surface area (Å²) in [7, 11) is 0. The topological polar surface area (TPSA) is 26.0 Å². The molecule has 0 saturated heterocycles. The lowest BCUT2D eigenvalue weighted by Crippen LogP contribution is -2.35. The van der Waals surface area contributed by atoms with Crippen molar-refractivity contribution in [1.82, 2.24) is 0 Å². The largest absolute Gasteiger partial charge is 0.330 e. The molecule has 0 aliphatic heterocycles. The fourth-order valence-corrected chi connectivity index (χ4v) is 2.55. The molecule has 2 unspecified atom stereocenters. The molecule has 0 radical (unpaired) electrons. The Morgan fingerprint density at radius 1 is 1.00 bits per heavy atom. The lowest BCUT2D eigenvalue weighted by Gasteiger charge is -2.37. The third-order valence-corrected chi connectivity index (χ3v) is 2.99. The summed E-state index contributed by atoms with van der Waals surface area (Å²) in [6, 6.07) is 0. The van der Waals surface area contributed by atoms with Gasteiger partial charge in [-0.2, -0.15) is 0 Å². The highest BCUT2D eigenvalue weighted by Crippen LogP contribution is 2.37. The average molecular weight is 199 g/mol. The van der Waals surface area contributed by atoms with E-state index in [4.69, 9.17) is 5.73 Å². The Labute approximate surface area is 90.5 Å². The zero-order valence-electron chi connectivity index (χ0n) is 11.1. The van der Waals surface area contributed by atoms with Gasteiger partial charge < -0.3 is 5.73 Å². The fourth-order valence-electron chi connectivity index (χ4n) is 2.55. The second-order valence-corrected chi connectivity index (χ2v) is 6.95.